The van der Waals surface area contributed by atoms with Crippen LogP contribution >= 0.6 is 0 Å². The lowest BCUT2D eigenvalue weighted by molar-refractivity contribution is -0.518. The molecule has 0 fully saturated rings. The molecule has 2 N–H and O–H groups in total. The number of hydrogen-bond donors (Lipinski definition) is 2. The summed E-state index contributed by atoms with van der Waals surface area (Å²) in [5, 5.41) is 0. The lowest BCUT2D eigenvalue weighted by atomic mass is 10.0. The van der Waals surface area contributed by atoms with Crippen LogP contribution in [0.15, 0.2) is 23.2 Å². The molecule has 0 bridgehead atoms. The average Bonchev–Trinajstić information content (AvgIpc) is 2.54. The molecule has 0 saturated carbocycles. The maximum atomic E-state index is 9.75. The van der Waals surface area contributed by atoms with E-state index in [1.807, 2.05) is 13.1 Å². The molecule has 2 aliphatic rings. The van der Waals surface area contributed by atoms with Crippen LogP contribution in [0.25, 0.3) is 0 Å². The Kier molecular flexibility index (Phi) is 5.07. The van der Waals surface area contributed by atoms with Crippen LogP contribution in [0.2, 0.25) is 0 Å². The third-order valence-corrected chi connectivity index (χ3v) is 3.14. The van der Waals surface area contributed by atoms with Crippen molar-refractivity contribution in [1.29, 1.82) is 0 Å². The third kappa shape index (κ3) is 3.91. The molecule has 20 heavy (non-hydrogen) atoms. The molecule has 0 aromatic carbocycles. The number of ether oxygens (including phenoxy) is 1. The molecule has 0 saturated heterocycles. The number of hydrogen-bond acceptors (Lipinski definition) is 3. The summed E-state index contributed by atoms with van der Waals surface area (Å²) in [5.41, 5.74) is 9.84. The number of nitrogens with zero attached hydrogens (tertiary/aromatic N) is 1. The highest BCUT2D eigenvalue weighted by Gasteiger charge is 2.38. The molecule has 0 aromatic rings. The fourth-order valence-corrected chi connectivity index (χ4v) is 2.09. The van der Waals surface area contributed by atoms with Gasteiger partial charge in [0.2, 0.25) is 5.88 Å². The average molecular weight is 295 g/mol. The lowest BCUT2D eigenvalue weighted by Gasteiger charge is -2.19. The molecule has 1 unspecified atom stereocenters. The number of likely N-dealkylation sites (N-methyl/N-ethyl adjacent to an activating group) is 1. The van der Waals surface area contributed by atoms with Gasteiger partial charge in [-0.3, -0.25) is 5.43 Å². The molecule has 4 nitrogen and oxygen atoms in total. The fourth-order valence-electron chi connectivity index (χ4n) is 2.09. The highest BCUT2D eigenvalue weighted by atomic mass is 19.5. The molecular formula is C11H18BF4N3O. The number of hydrazine groups is 1. The van der Waals surface area contributed by atoms with Gasteiger partial charge in [0.05, 0.1) is 17.8 Å². The van der Waals surface area contributed by atoms with Gasteiger partial charge >= 0.3 is 7.25 Å². The Morgan fingerprint density at radius 1 is 1.35 bits per heavy atom. The van der Waals surface area contributed by atoms with Crippen LogP contribution in [-0.4, -0.2) is 37.2 Å². The molecule has 2 rings (SSSR count). The second kappa shape index (κ2) is 6.19. The van der Waals surface area contributed by atoms with E-state index in [1.54, 1.807) is 0 Å². The summed E-state index contributed by atoms with van der Waals surface area (Å²) >= 11 is 0. The van der Waals surface area contributed by atoms with Gasteiger partial charge in [-0.25, -0.2) is 4.58 Å². The van der Waals surface area contributed by atoms with Crippen LogP contribution in [0.5, 0.6) is 0 Å². The van der Waals surface area contributed by atoms with Crippen LogP contribution in [0, 0.1) is 0 Å². The Hall–Kier alpha value is -1.67. The molecule has 0 spiro atoms. The topological polar surface area (TPSA) is 36.3 Å². The zero-order valence-corrected chi connectivity index (χ0v) is 11.8. The van der Waals surface area contributed by atoms with Crippen LogP contribution < -0.4 is 10.9 Å². The van der Waals surface area contributed by atoms with Crippen molar-refractivity contribution in [1.82, 2.24) is 10.9 Å². The largest absolute Gasteiger partial charge is 0.673 e. The maximum Gasteiger partial charge on any atom is 0.673 e. The van der Waals surface area contributed by atoms with Crippen molar-refractivity contribution >= 4 is 13.0 Å². The van der Waals surface area contributed by atoms with E-state index in [1.165, 1.54) is 16.9 Å². The zero-order chi connectivity index (χ0) is 15.5. The molecule has 0 amide bonds. The van der Waals surface area contributed by atoms with Crippen molar-refractivity contribution in [3.8, 4) is 0 Å². The summed E-state index contributed by atoms with van der Waals surface area (Å²) in [5.74, 6) is 0.853. The van der Waals surface area contributed by atoms with Gasteiger partial charge in [0, 0.05) is 20.0 Å². The van der Waals surface area contributed by atoms with E-state index in [2.05, 4.69) is 36.3 Å². The second-order valence-electron chi connectivity index (χ2n) is 4.37. The van der Waals surface area contributed by atoms with E-state index in [0.29, 0.717) is 12.6 Å². The molecule has 1 atom stereocenters. The van der Waals surface area contributed by atoms with Gasteiger partial charge in [-0.05, 0) is 6.92 Å². The first-order valence-corrected chi connectivity index (χ1v) is 6.20. The van der Waals surface area contributed by atoms with Gasteiger partial charge in [-0.15, -0.1) is 0 Å². The number of fused-ring (bicyclic) bond motifs is 1. The minimum absolute atomic E-state index is 0.368. The van der Waals surface area contributed by atoms with Crippen LogP contribution in [0.4, 0.5) is 17.3 Å². The second-order valence-corrected chi connectivity index (χ2v) is 4.37. The Balaban J connectivity index is 0.000000347. The summed E-state index contributed by atoms with van der Waals surface area (Å²) in [6.45, 7) is 6.99. The molecule has 2 aliphatic heterocycles. The SMILES string of the molecule is CCOC1=C2C(=CNN1)C(C)=[N+](C)C2C.F[B-](F)(F)F. The van der Waals surface area contributed by atoms with Gasteiger partial charge in [-0.1, -0.05) is 0 Å². The first-order chi connectivity index (χ1) is 9.16. The quantitative estimate of drug-likeness (QED) is 0.465. The number of rotatable bonds is 2. The Morgan fingerprint density at radius 3 is 2.40 bits per heavy atom. The summed E-state index contributed by atoms with van der Waals surface area (Å²) in [4.78, 5) is 0. The van der Waals surface area contributed by atoms with E-state index in [9.17, 15) is 17.3 Å². The molecular weight excluding hydrogens is 277 g/mol. The zero-order valence-electron chi connectivity index (χ0n) is 11.8. The van der Waals surface area contributed by atoms with Crippen molar-refractivity contribution in [2.75, 3.05) is 13.7 Å². The van der Waals surface area contributed by atoms with E-state index in [0.717, 1.165) is 5.88 Å². The van der Waals surface area contributed by atoms with Gasteiger partial charge in [0.1, 0.15) is 7.05 Å². The fraction of sp³-hybridized carbons (Fsp3) is 0.545. The van der Waals surface area contributed by atoms with Gasteiger partial charge < -0.3 is 27.4 Å². The summed E-state index contributed by atoms with van der Waals surface area (Å²) in [6, 6.07) is 0.368. The normalized spacial score (nSPS) is 21.4. The molecule has 2 heterocycles. The van der Waals surface area contributed by atoms with Crippen LogP contribution in [0.3, 0.4) is 0 Å². The summed E-state index contributed by atoms with van der Waals surface area (Å²) in [6.07, 6.45) is 1.99. The first-order valence-electron chi connectivity index (χ1n) is 6.20. The predicted octanol–water partition coefficient (Wildman–Crippen LogP) is 2.03. The molecule has 0 aromatic heterocycles. The van der Waals surface area contributed by atoms with Crippen molar-refractivity contribution in [2.45, 2.75) is 26.8 Å². The van der Waals surface area contributed by atoms with E-state index >= 15 is 0 Å². The monoisotopic (exact) mass is 295 g/mol. The minimum atomic E-state index is -6.00. The predicted molar refractivity (Wildman–Crippen MR) is 69.5 cm³/mol. The van der Waals surface area contributed by atoms with Crippen molar-refractivity contribution in [3.05, 3.63) is 23.2 Å². The van der Waals surface area contributed by atoms with Crippen molar-refractivity contribution < 1.29 is 26.6 Å². The standard InChI is InChI=1S/C11H17N3O.BF4/c1-5-15-11-10-8(3)14(4)7(2)9(10)6-12-13-11;2-1(3,4)5/h6,8,13H,5H2,1-4H3;/q;-1/p+1. The molecule has 0 aliphatic carbocycles. The molecule has 114 valence electrons. The number of halogens is 4. The lowest BCUT2D eigenvalue weighted by Crippen LogP contribution is -2.34. The summed E-state index contributed by atoms with van der Waals surface area (Å²) in [7, 11) is -3.89. The first kappa shape index (κ1) is 16.4. The van der Waals surface area contributed by atoms with Gasteiger partial charge in [-0.2, -0.15) is 0 Å². The molecule has 9 heteroatoms. The maximum absolute atomic E-state index is 9.75. The third-order valence-electron chi connectivity index (χ3n) is 3.14. The van der Waals surface area contributed by atoms with Crippen molar-refractivity contribution in [2.24, 2.45) is 0 Å². The van der Waals surface area contributed by atoms with E-state index < -0.39 is 7.25 Å². The smallest absolute Gasteiger partial charge is 0.478 e. The summed E-state index contributed by atoms with van der Waals surface area (Å²) < 4.78 is 46.8. The van der Waals surface area contributed by atoms with E-state index in [4.69, 9.17) is 4.74 Å². The van der Waals surface area contributed by atoms with Crippen LogP contribution in [-0.2, 0) is 4.74 Å². The van der Waals surface area contributed by atoms with Crippen LogP contribution in [0.1, 0.15) is 20.8 Å². The molecule has 0 radical (unpaired) electrons. The minimum Gasteiger partial charge on any atom is -0.478 e. The van der Waals surface area contributed by atoms with Crippen molar-refractivity contribution in [3.63, 3.8) is 0 Å². The van der Waals surface area contributed by atoms with Gasteiger partial charge in [0.25, 0.3) is 0 Å². The van der Waals surface area contributed by atoms with Gasteiger partial charge in [0.15, 0.2) is 11.8 Å². The Morgan fingerprint density at radius 2 is 1.90 bits per heavy atom. The highest BCUT2D eigenvalue weighted by Crippen LogP contribution is 2.28. The Labute approximate surface area is 115 Å². The Bertz CT molecular complexity index is 465. The number of nitrogens with one attached hydrogen (secondary N) is 2. The highest BCUT2D eigenvalue weighted by molar-refractivity contribution is 6.50. The van der Waals surface area contributed by atoms with E-state index in [-0.39, 0.29) is 0 Å².